The predicted octanol–water partition coefficient (Wildman–Crippen LogP) is 1.29. The van der Waals surface area contributed by atoms with Crippen LogP contribution in [0.25, 0.3) is 0 Å². The fourth-order valence-corrected chi connectivity index (χ4v) is 2.02. The van der Waals surface area contributed by atoms with Crippen LogP contribution in [0.3, 0.4) is 0 Å². The molecule has 1 aliphatic heterocycles. The van der Waals surface area contributed by atoms with E-state index in [0.29, 0.717) is 18.7 Å². The number of likely N-dealkylation sites (N-methyl/N-ethyl adjacent to an activating group) is 1. The van der Waals surface area contributed by atoms with Crippen LogP contribution in [0.5, 0.6) is 0 Å². The van der Waals surface area contributed by atoms with Crippen molar-refractivity contribution in [3.05, 3.63) is 29.6 Å². The first-order valence-electron chi connectivity index (χ1n) is 6.00. The van der Waals surface area contributed by atoms with Gasteiger partial charge in [0.25, 0.3) is 0 Å². The molecule has 92 valence electrons. The summed E-state index contributed by atoms with van der Waals surface area (Å²) in [5.41, 5.74) is 1.65. The molecule has 0 spiro atoms. The van der Waals surface area contributed by atoms with Gasteiger partial charge in [0.2, 0.25) is 0 Å². The predicted molar refractivity (Wildman–Crippen MR) is 65.2 cm³/mol. The fraction of sp³-hybridized carbons (Fsp3) is 0.538. The van der Waals surface area contributed by atoms with Crippen LogP contribution in [-0.2, 0) is 4.74 Å². The molecule has 1 unspecified atom stereocenters. The first-order chi connectivity index (χ1) is 8.20. The van der Waals surface area contributed by atoms with Gasteiger partial charge >= 0.3 is 0 Å². The van der Waals surface area contributed by atoms with E-state index < -0.39 is 0 Å². The molecule has 4 heteroatoms. The van der Waals surface area contributed by atoms with E-state index in [1.165, 1.54) is 0 Å². The number of ether oxygens (including phenoxy) is 1. The Kier molecular flexibility index (Phi) is 3.86. The molecule has 1 aliphatic rings. The molecule has 1 fully saturated rings. The molecule has 0 saturated carbocycles. The second kappa shape index (κ2) is 5.38. The first kappa shape index (κ1) is 12.2. The third kappa shape index (κ3) is 2.90. The molecule has 2 rings (SSSR count). The van der Waals surface area contributed by atoms with Crippen molar-refractivity contribution in [2.24, 2.45) is 0 Å². The van der Waals surface area contributed by atoms with Crippen LogP contribution in [-0.4, -0.2) is 48.0 Å². The maximum Gasteiger partial charge on any atom is 0.194 e. The number of ketones is 1. The van der Waals surface area contributed by atoms with Gasteiger partial charge in [-0.25, -0.2) is 0 Å². The lowest BCUT2D eigenvalue weighted by atomic mass is 10.1. The Labute approximate surface area is 102 Å². The average Bonchev–Trinajstić information content (AvgIpc) is 2.38. The zero-order chi connectivity index (χ0) is 12.3. The maximum atomic E-state index is 12.2. The SMILES string of the molecule is CCN1CCOC(C(=O)c2cncc(C)c2)C1. The minimum absolute atomic E-state index is 0.0411. The lowest BCUT2D eigenvalue weighted by Crippen LogP contribution is -2.45. The molecule has 1 atom stereocenters. The van der Waals surface area contributed by atoms with E-state index >= 15 is 0 Å². The molecule has 0 radical (unpaired) electrons. The smallest absolute Gasteiger partial charge is 0.194 e. The Hall–Kier alpha value is -1.26. The molecule has 2 heterocycles. The highest BCUT2D eigenvalue weighted by atomic mass is 16.5. The zero-order valence-corrected chi connectivity index (χ0v) is 10.3. The van der Waals surface area contributed by atoms with Crippen molar-refractivity contribution in [1.29, 1.82) is 0 Å². The monoisotopic (exact) mass is 234 g/mol. The van der Waals surface area contributed by atoms with Gasteiger partial charge in [0.1, 0.15) is 6.10 Å². The van der Waals surface area contributed by atoms with Gasteiger partial charge in [-0.1, -0.05) is 6.92 Å². The summed E-state index contributed by atoms with van der Waals surface area (Å²) in [6, 6.07) is 1.86. The Bertz CT molecular complexity index is 406. The molecule has 17 heavy (non-hydrogen) atoms. The molecule has 1 aromatic rings. The van der Waals surface area contributed by atoms with Crippen molar-refractivity contribution < 1.29 is 9.53 Å². The van der Waals surface area contributed by atoms with E-state index in [9.17, 15) is 4.79 Å². The van der Waals surface area contributed by atoms with E-state index in [-0.39, 0.29) is 11.9 Å². The summed E-state index contributed by atoms with van der Waals surface area (Å²) < 4.78 is 5.55. The Morgan fingerprint density at radius 2 is 2.41 bits per heavy atom. The van der Waals surface area contributed by atoms with Gasteiger partial charge in [-0.15, -0.1) is 0 Å². The molecule has 0 N–H and O–H groups in total. The van der Waals surface area contributed by atoms with Gasteiger partial charge in [-0.3, -0.25) is 14.7 Å². The van der Waals surface area contributed by atoms with Crippen LogP contribution in [0.1, 0.15) is 22.8 Å². The number of hydrogen-bond acceptors (Lipinski definition) is 4. The van der Waals surface area contributed by atoms with Crippen LogP contribution in [0.4, 0.5) is 0 Å². The molecule has 1 saturated heterocycles. The third-order valence-corrected chi connectivity index (χ3v) is 3.05. The maximum absolute atomic E-state index is 12.2. The van der Waals surface area contributed by atoms with Gasteiger partial charge in [-0.2, -0.15) is 0 Å². The van der Waals surface area contributed by atoms with E-state index in [2.05, 4.69) is 16.8 Å². The van der Waals surface area contributed by atoms with Crippen LogP contribution in [0, 0.1) is 6.92 Å². The van der Waals surface area contributed by atoms with Gasteiger partial charge in [0, 0.05) is 31.0 Å². The van der Waals surface area contributed by atoms with Crippen molar-refractivity contribution in [3.63, 3.8) is 0 Å². The fourth-order valence-electron chi connectivity index (χ4n) is 2.02. The largest absolute Gasteiger partial charge is 0.367 e. The number of hydrogen-bond donors (Lipinski definition) is 0. The number of rotatable bonds is 3. The summed E-state index contributed by atoms with van der Waals surface area (Å²) in [5.74, 6) is 0.0411. The van der Waals surface area contributed by atoms with Crippen LogP contribution < -0.4 is 0 Å². The highest BCUT2D eigenvalue weighted by Crippen LogP contribution is 2.12. The number of morpholine rings is 1. The van der Waals surface area contributed by atoms with Crippen molar-refractivity contribution in [1.82, 2.24) is 9.88 Å². The molecule has 0 amide bonds. The van der Waals surface area contributed by atoms with E-state index in [1.807, 2.05) is 13.0 Å². The number of pyridine rings is 1. The Morgan fingerprint density at radius 3 is 3.12 bits per heavy atom. The van der Waals surface area contributed by atoms with Gasteiger partial charge in [-0.05, 0) is 25.1 Å². The van der Waals surface area contributed by atoms with Crippen molar-refractivity contribution in [2.75, 3.05) is 26.2 Å². The summed E-state index contributed by atoms with van der Waals surface area (Å²) >= 11 is 0. The first-order valence-corrected chi connectivity index (χ1v) is 6.00. The summed E-state index contributed by atoms with van der Waals surface area (Å²) in [5, 5.41) is 0. The molecule has 0 aliphatic carbocycles. The van der Waals surface area contributed by atoms with E-state index in [4.69, 9.17) is 4.74 Å². The van der Waals surface area contributed by atoms with Gasteiger partial charge < -0.3 is 4.74 Å². The normalized spacial score (nSPS) is 21.4. The third-order valence-electron chi connectivity index (χ3n) is 3.05. The van der Waals surface area contributed by atoms with Gasteiger partial charge in [0.05, 0.1) is 6.61 Å². The number of aryl methyl sites for hydroxylation is 1. The molecule has 0 bridgehead atoms. The van der Waals surface area contributed by atoms with Crippen LogP contribution >= 0.6 is 0 Å². The molecular weight excluding hydrogens is 216 g/mol. The van der Waals surface area contributed by atoms with Crippen molar-refractivity contribution in [2.45, 2.75) is 20.0 Å². The van der Waals surface area contributed by atoms with Crippen molar-refractivity contribution in [3.8, 4) is 0 Å². The van der Waals surface area contributed by atoms with E-state index in [1.54, 1.807) is 12.4 Å². The number of carbonyl (C=O) groups excluding carboxylic acids is 1. The second-order valence-corrected chi connectivity index (χ2v) is 4.37. The summed E-state index contributed by atoms with van der Waals surface area (Å²) in [6.07, 6.45) is 3.02. The van der Waals surface area contributed by atoms with Gasteiger partial charge in [0.15, 0.2) is 5.78 Å². The standard InChI is InChI=1S/C13H18N2O2/c1-3-15-4-5-17-12(9-15)13(16)11-6-10(2)7-14-8-11/h6-8,12H,3-5,9H2,1-2H3. The number of Topliss-reactive ketones (excluding diaryl/α,β-unsaturated/α-hetero) is 1. The van der Waals surface area contributed by atoms with Crippen molar-refractivity contribution >= 4 is 5.78 Å². The number of aromatic nitrogens is 1. The molecular formula is C13H18N2O2. The topological polar surface area (TPSA) is 42.4 Å². The van der Waals surface area contributed by atoms with Crippen LogP contribution in [0.15, 0.2) is 18.5 Å². The lowest BCUT2D eigenvalue weighted by molar-refractivity contribution is -0.0148. The Balaban J connectivity index is 2.09. The lowest BCUT2D eigenvalue weighted by Gasteiger charge is -2.31. The average molecular weight is 234 g/mol. The molecule has 4 nitrogen and oxygen atoms in total. The highest BCUT2D eigenvalue weighted by Gasteiger charge is 2.26. The molecule has 0 aromatic carbocycles. The second-order valence-electron chi connectivity index (χ2n) is 4.37. The summed E-state index contributed by atoms with van der Waals surface area (Å²) in [4.78, 5) is 18.5. The highest BCUT2D eigenvalue weighted by molar-refractivity contribution is 5.99. The quantitative estimate of drug-likeness (QED) is 0.739. The number of nitrogens with zero attached hydrogens (tertiary/aromatic N) is 2. The molecule has 1 aromatic heterocycles. The van der Waals surface area contributed by atoms with Crippen LogP contribution in [0.2, 0.25) is 0 Å². The zero-order valence-electron chi connectivity index (χ0n) is 10.3. The number of carbonyl (C=O) groups is 1. The minimum atomic E-state index is -0.340. The summed E-state index contributed by atoms with van der Waals surface area (Å²) in [7, 11) is 0. The minimum Gasteiger partial charge on any atom is -0.367 e. The Morgan fingerprint density at radius 1 is 1.59 bits per heavy atom. The summed E-state index contributed by atoms with van der Waals surface area (Å²) in [6.45, 7) is 7.21. The van der Waals surface area contributed by atoms with E-state index in [0.717, 1.165) is 18.7 Å².